The maximum absolute atomic E-state index is 12.2. The molecule has 116 valence electrons. The standard InChI is InChI=1S/C15H22N2O4/c1-15(2,3)12(9-13(19)20)16-14(21)17(4)10-5-7-11(18)8-6-10/h5-8,12,18H,9H2,1-4H3,(H,16,21)(H,19,20). The summed E-state index contributed by atoms with van der Waals surface area (Å²) in [5.74, 6) is -0.839. The molecule has 0 aliphatic carbocycles. The Balaban J connectivity index is 2.81. The predicted octanol–water partition coefficient (Wildman–Crippen LogP) is 2.43. The number of nitrogens with one attached hydrogen (secondary N) is 1. The Morgan fingerprint density at radius 3 is 2.19 bits per heavy atom. The number of benzene rings is 1. The summed E-state index contributed by atoms with van der Waals surface area (Å²) in [7, 11) is 1.59. The quantitative estimate of drug-likeness (QED) is 0.795. The smallest absolute Gasteiger partial charge is 0.321 e. The number of amides is 2. The van der Waals surface area contributed by atoms with Crippen molar-refractivity contribution in [3.8, 4) is 5.75 Å². The molecule has 21 heavy (non-hydrogen) atoms. The van der Waals surface area contributed by atoms with Gasteiger partial charge in [-0.2, -0.15) is 0 Å². The van der Waals surface area contributed by atoms with E-state index < -0.39 is 12.0 Å². The minimum atomic E-state index is -0.956. The fourth-order valence-corrected chi connectivity index (χ4v) is 1.79. The number of hydrogen-bond donors (Lipinski definition) is 3. The van der Waals surface area contributed by atoms with E-state index in [0.717, 1.165) is 0 Å². The summed E-state index contributed by atoms with van der Waals surface area (Å²) in [6, 6.07) is 5.31. The van der Waals surface area contributed by atoms with Crippen molar-refractivity contribution < 1.29 is 19.8 Å². The first kappa shape index (κ1) is 16.8. The highest BCUT2D eigenvalue weighted by Gasteiger charge is 2.29. The number of carbonyl (C=O) groups excluding carboxylic acids is 1. The number of anilines is 1. The van der Waals surface area contributed by atoms with Crippen molar-refractivity contribution in [2.75, 3.05) is 11.9 Å². The second-order valence-electron chi connectivity index (χ2n) is 6.04. The molecule has 1 aromatic rings. The number of phenolic OH excluding ortho intramolecular Hbond substituents is 1. The van der Waals surface area contributed by atoms with Crippen LogP contribution in [-0.4, -0.2) is 35.3 Å². The van der Waals surface area contributed by atoms with Crippen LogP contribution in [0.5, 0.6) is 5.75 Å². The largest absolute Gasteiger partial charge is 0.508 e. The molecule has 6 heteroatoms. The lowest BCUT2D eigenvalue weighted by molar-refractivity contribution is -0.138. The van der Waals surface area contributed by atoms with Gasteiger partial charge in [0.25, 0.3) is 0 Å². The first-order chi connectivity index (χ1) is 9.61. The van der Waals surface area contributed by atoms with Crippen LogP contribution in [0.2, 0.25) is 0 Å². The van der Waals surface area contributed by atoms with Gasteiger partial charge in [0.2, 0.25) is 0 Å². The van der Waals surface area contributed by atoms with Crippen LogP contribution in [0.25, 0.3) is 0 Å². The lowest BCUT2D eigenvalue weighted by Gasteiger charge is -2.32. The maximum Gasteiger partial charge on any atom is 0.321 e. The fraction of sp³-hybridized carbons (Fsp3) is 0.467. The minimum absolute atomic E-state index is 0.117. The Morgan fingerprint density at radius 2 is 1.76 bits per heavy atom. The average molecular weight is 294 g/mol. The summed E-state index contributed by atoms with van der Waals surface area (Å²) in [5.41, 5.74) is 0.234. The predicted molar refractivity (Wildman–Crippen MR) is 80.5 cm³/mol. The number of aromatic hydroxyl groups is 1. The molecule has 0 heterocycles. The third-order valence-corrected chi connectivity index (χ3v) is 3.26. The molecule has 0 bridgehead atoms. The molecular weight excluding hydrogens is 272 g/mol. The van der Waals surface area contributed by atoms with Crippen molar-refractivity contribution in [1.82, 2.24) is 5.32 Å². The summed E-state index contributed by atoms with van der Waals surface area (Å²) in [6.07, 6.45) is -0.140. The molecule has 2 amide bonds. The van der Waals surface area contributed by atoms with Gasteiger partial charge in [-0.15, -0.1) is 0 Å². The molecule has 1 aromatic carbocycles. The van der Waals surface area contributed by atoms with E-state index in [1.165, 1.54) is 17.0 Å². The summed E-state index contributed by atoms with van der Waals surface area (Å²) in [4.78, 5) is 24.5. The highest BCUT2D eigenvalue weighted by molar-refractivity contribution is 5.91. The van der Waals surface area contributed by atoms with E-state index in [1.54, 1.807) is 19.2 Å². The fourth-order valence-electron chi connectivity index (χ4n) is 1.79. The zero-order chi connectivity index (χ0) is 16.2. The molecule has 0 aromatic heterocycles. The Labute approximate surface area is 124 Å². The van der Waals surface area contributed by atoms with Gasteiger partial charge in [0.05, 0.1) is 6.42 Å². The lowest BCUT2D eigenvalue weighted by Crippen LogP contribution is -2.49. The first-order valence-electron chi connectivity index (χ1n) is 6.66. The van der Waals surface area contributed by atoms with Crippen LogP contribution in [0.4, 0.5) is 10.5 Å². The molecule has 0 spiro atoms. The number of carboxylic acid groups (broad SMARTS) is 1. The molecule has 0 fully saturated rings. The van der Waals surface area contributed by atoms with Gasteiger partial charge < -0.3 is 15.5 Å². The van der Waals surface area contributed by atoms with E-state index in [4.69, 9.17) is 5.11 Å². The number of aliphatic carboxylic acids is 1. The average Bonchev–Trinajstić information content (AvgIpc) is 2.36. The van der Waals surface area contributed by atoms with Crippen LogP contribution in [0, 0.1) is 5.41 Å². The highest BCUT2D eigenvalue weighted by Crippen LogP contribution is 2.23. The monoisotopic (exact) mass is 294 g/mol. The van der Waals surface area contributed by atoms with Crippen LogP contribution in [-0.2, 0) is 4.79 Å². The van der Waals surface area contributed by atoms with Gasteiger partial charge in [-0.1, -0.05) is 20.8 Å². The van der Waals surface area contributed by atoms with E-state index in [0.29, 0.717) is 5.69 Å². The van der Waals surface area contributed by atoms with Gasteiger partial charge in [-0.3, -0.25) is 9.69 Å². The van der Waals surface area contributed by atoms with Crippen molar-refractivity contribution >= 4 is 17.7 Å². The van der Waals surface area contributed by atoms with E-state index in [1.807, 2.05) is 20.8 Å². The number of phenols is 1. The number of hydrogen-bond acceptors (Lipinski definition) is 3. The molecule has 3 N–H and O–H groups in total. The SMILES string of the molecule is CN(C(=O)NC(CC(=O)O)C(C)(C)C)c1ccc(O)cc1. The molecule has 1 atom stereocenters. The molecule has 0 radical (unpaired) electrons. The van der Waals surface area contributed by atoms with E-state index >= 15 is 0 Å². The zero-order valence-electron chi connectivity index (χ0n) is 12.8. The van der Waals surface area contributed by atoms with Crippen LogP contribution in [0.1, 0.15) is 27.2 Å². The molecule has 0 aliphatic heterocycles. The van der Waals surface area contributed by atoms with Crippen LogP contribution < -0.4 is 10.2 Å². The number of carbonyl (C=O) groups is 2. The number of urea groups is 1. The van der Waals surface area contributed by atoms with Crippen LogP contribution in [0.15, 0.2) is 24.3 Å². The topological polar surface area (TPSA) is 89.9 Å². The van der Waals surface area contributed by atoms with Crippen LogP contribution in [0.3, 0.4) is 0 Å². The van der Waals surface area contributed by atoms with E-state index in [9.17, 15) is 14.7 Å². The minimum Gasteiger partial charge on any atom is -0.508 e. The number of carboxylic acids is 1. The number of rotatable bonds is 4. The van der Waals surface area contributed by atoms with E-state index in [2.05, 4.69) is 5.32 Å². The van der Waals surface area contributed by atoms with Crippen molar-refractivity contribution in [3.63, 3.8) is 0 Å². The third kappa shape index (κ3) is 4.98. The highest BCUT2D eigenvalue weighted by atomic mass is 16.4. The first-order valence-corrected chi connectivity index (χ1v) is 6.66. The Kier molecular flexibility index (Phi) is 5.18. The van der Waals surface area contributed by atoms with Crippen molar-refractivity contribution in [2.45, 2.75) is 33.2 Å². The molecule has 0 saturated heterocycles. The van der Waals surface area contributed by atoms with Gasteiger partial charge in [-0.25, -0.2) is 4.79 Å². The number of nitrogens with zero attached hydrogens (tertiary/aromatic N) is 1. The molecule has 6 nitrogen and oxygen atoms in total. The molecular formula is C15H22N2O4. The second kappa shape index (κ2) is 6.47. The third-order valence-electron chi connectivity index (χ3n) is 3.26. The van der Waals surface area contributed by atoms with Gasteiger partial charge in [0, 0.05) is 18.8 Å². The van der Waals surface area contributed by atoms with Gasteiger partial charge in [0.15, 0.2) is 0 Å². The maximum atomic E-state index is 12.2. The molecule has 0 saturated carbocycles. The normalized spacial score (nSPS) is 12.6. The summed E-state index contributed by atoms with van der Waals surface area (Å²) in [6.45, 7) is 5.63. The van der Waals surface area contributed by atoms with Gasteiger partial charge >= 0.3 is 12.0 Å². The molecule has 1 rings (SSSR count). The summed E-state index contributed by atoms with van der Waals surface area (Å²) < 4.78 is 0. The molecule has 1 unspecified atom stereocenters. The lowest BCUT2D eigenvalue weighted by atomic mass is 9.85. The van der Waals surface area contributed by atoms with E-state index in [-0.39, 0.29) is 23.6 Å². The van der Waals surface area contributed by atoms with Crippen molar-refractivity contribution in [3.05, 3.63) is 24.3 Å². The summed E-state index contributed by atoms with van der Waals surface area (Å²) >= 11 is 0. The van der Waals surface area contributed by atoms with Crippen molar-refractivity contribution in [2.24, 2.45) is 5.41 Å². The Hall–Kier alpha value is -2.24. The Bertz CT molecular complexity index is 505. The van der Waals surface area contributed by atoms with Crippen LogP contribution >= 0.6 is 0 Å². The summed E-state index contributed by atoms with van der Waals surface area (Å²) in [5, 5.41) is 20.9. The molecule has 0 aliphatic rings. The zero-order valence-corrected chi connectivity index (χ0v) is 12.8. The van der Waals surface area contributed by atoms with Crippen molar-refractivity contribution in [1.29, 1.82) is 0 Å². The second-order valence-corrected chi connectivity index (χ2v) is 6.04. The van der Waals surface area contributed by atoms with Gasteiger partial charge in [0.1, 0.15) is 5.75 Å². The van der Waals surface area contributed by atoms with Gasteiger partial charge in [-0.05, 0) is 29.7 Å². The Morgan fingerprint density at radius 1 is 1.24 bits per heavy atom.